The Morgan fingerprint density at radius 3 is 2.64 bits per heavy atom. The molecule has 0 atom stereocenters. The number of rotatable bonds is 3. The van der Waals surface area contributed by atoms with Crippen molar-refractivity contribution in [2.24, 2.45) is 0 Å². The van der Waals surface area contributed by atoms with Crippen molar-refractivity contribution in [1.29, 1.82) is 0 Å². The van der Waals surface area contributed by atoms with Crippen molar-refractivity contribution in [2.75, 3.05) is 7.11 Å². The van der Waals surface area contributed by atoms with E-state index in [-0.39, 0.29) is 11.6 Å². The van der Waals surface area contributed by atoms with Gasteiger partial charge in [0, 0.05) is 0 Å². The van der Waals surface area contributed by atoms with E-state index in [0.29, 0.717) is 0 Å². The van der Waals surface area contributed by atoms with E-state index < -0.39 is 11.1 Å². The lowest BCUT2D eigenvalue weighted by Gasteiger charge is -1.98. The lowest BCUT2D eigenvalue weighted by atomic mass is 10.5. The van der Waals surface area contributed by atoms with Crippen LogP contribution in [0.15, 0.2) is 12.4 Å². The highest BCUT2D eigenvalue weighted by atomic mass is 17.0. The van der Waals surface area contributed by atoms with Crippen molar-refractivity contribution in [3.05, 3.63) is 28.2 Å². The molecule has 0 aliphatic rings. The smallest absolute Gasteiger partial charge is 0.358 e. The lowest BCUT2D eigenvalue weighted by Crippen LogP contribution is -2.08. The Morgan fingerprint density at radius 2 is 2.21 bits per heavy atom. The molecule has 1 heterocycles. The van der Waals surface area contributed by atoms with E-state index >= 15 is 0 Å². The fourth-order valence-electron chi connectivity index (χ4n) is 0.650. The highest BCUT2D eigenvalue weighted by Gasteiger charge is 2.08. The summed E-state index contributed by atoms with van der Waals surface area (Å²) >= 11 is 0. The zero-order valence-electron chi connectivity index (χ0n) is 7.04. The van der Waals surface area contributed by atoms with E-state index in [0.717, 1.165) is 12.4 Å². The first kappa shape index (κ1) is 9.84. The maximum absolute atomic E-state index is 10.8. The first-order chi connectivity index (χ1) is 6.63. The summed E-state index contributed by atoms with van der Waals surface area (Å²) in [5.41, 5.74) is -0.0526. The Hall–Kier alpha value is -2.25. The van der Waals surface area contributed by atoms with Crippen LogP contribution >= 0.6 is 0 Å². The van der Waals surface area contributed by atoms with Crippen LogP contribution in [0.3, 0.4) is 0 Å². The summed E-state index contributed by atoms with van der Waals surface area (Å²) in [6, 6.07) is 0. The minimum Gasteiger partial charge on any atom is -0.464 e. The SMILES string of the molecule is COC(=O)c1cnc(O[N+](=O)[O-])cn1. The summed E-state index contributed by atoms with van der Waals surface area (Å²) in [7, 11) is 1.19. The fraction of sp³-hybridized carbons (Fsp3) is 0.167. The summed E-state index contributed by atoms with van der Waals surface area (Å²) in [5.74, 6) is -0.979. The Labute approximate surface area is 77.6 Å². The van der Waals surface area contributed by atoms with E-state index in [4.69, 9.17) is 0 Å². The molecule has 0 N–H and O–H groups in total. The highest BCUT2D eigenvalue weighted by molar-refractivity contribution is 5.86. The monoisotopic (exact) mass is 199 g/mol. The molecule has 0 amide bonds. The van der Waals surface area contributed by atoms with Gasteiger partial charge in [-0.15, -0.1) is 10.1 Å². The van der Waals surface area contributed by atoms with E-state index in [1.54, 1.807) is 0 Å². The molecule has 1 aromatic heterocycles. The molecule has 14 heavy (non-hydrogen) atoms. The predicted octanol–water partition coefficient (Wildman–Crippen LogP) is -0.166. The number of methoxy groups -OCH3 is 1. The lowest BCUT2D eigenvalue weighted by molar-refractivity contribution is -0.712. The molecule has 0 saturated carbocycles. The molecular weight excluding hydrogens is 194 g/mol. The molecule has 0 saturated heterocycles. The maximum atomic E-state index is 10.8. The summed E-state index contributed by atoms with van der Waals surface area (Å²) in [6.07, 6.45) is 1.97. The molecular formula is C6H5N3O5. The van der Waals surface area contributed by atoms with E-state index in [1.165, 1.54) is 7.11 Å². The Morgan fingerprint density at radius 1 is 1.50 bits per heavy atom. The van der Waals surface area contributed by atoms with E-state index in [2.05, 4.69) is 19.5 Å². The molecule has 0 aliphatic heterocycles. The normalized spacial score (nSPS) is 9.21. The Kier molecular flexibility index (Phi) is 2.89. The van der Waals surface area contributed by atoms with Gasteiger partial charge in [-0.2, -0.15) is 0 Å². The second kappa shape index (κ2) is 4.12. The van der Waals surface area contributed by atoms with Crippen molar-refractivity contribution in [3.8, 4) is 5.88 Å². The quantitative estimate of drug-likeness (QED) is 0.378. The third-order valence-corrected chi connectivity index (χ3v) is 1.19. The van der Waals surface area contributed by atoms with Crippen molar-refractivity contribution in [1.82, 2.24) is 9.97 Å². The Balaban J connectivity index is 2.78. The molecule has 8 heteroatoms. The zero-order valence-corrected chi connectivity index (χ0v) is 7.04. The molecule has 0 spiro atoms. The number of hydrogen-bond acceptors (Lipinski definition) is 7. The average Bonchev–Trinajstić information content (AvgIpc) is 2.17. The third-order valence-electron chi connectivity index (χ3n) is 1.19. The van der Waals surface area contributed by atoms with Crippen molar-refractivity contribution in [2.45, 2.75) is 0 Å². The van der Waals surface area contributed by atoms with Crippen LogP contribution in [-0.4, -0.2) is 28.1 Å². The first-order valence-electron chi connectivity index (χ1n) is 3.36. The molecule has 74 valence electrons. The average molecular weight is 199 g/mol. The predicted molar refractivity (Wildman–Crippen MR) is 41.0 cm³/mol. The van der Waals surface area contributed by atoms with Crippen molar-refractivity contribution >= 4 is 5.97 Å². The molecule has 0 radical (unpaired) electrons. The molecule has 0 aromatic carbocycles. The van der Waals surface area contributed by atoms with Crippen molar-refractivity contribution in [3.63, 3.8) is 0 Å². The summed E-state index contributed by atoms with van der Waals surface area (Å²) in [5, 5.41) is 8.84. The van der Waals surface area contributed by atoms with Crippen LogP contribution in [0.2, 0.25) is 0 Å². The van der Waals surface area contributed by atoms with Gasteiger partial charge in [-0.25, -0.2) is 14.8 Å². The number of hydrogen-bond donors (Lipinski definition) is 0. The number of nitrogens with zero attached hydrogens (tertiary/aromatic N) is 3. The second-order valence-corrected chi connectivity index (χ2v) is 2.05. The first-order valence-corrected chi connectivity index (χ1v) is 3.36. The van der Waals surface area contributed by atoms with Crippen LogP contribution < -0.4 is 4.84 Å². The number of ether oxygens (including phenoxy) is 1. The van der Waals surface area contributed by atoms with Crippen LogP contribution in [-0.2, 0) is 4.74 Å². The van der Waals surface area contributed by atoms with Gasteiger partial charge in [-0.3, -0.25) is 4.84 Å². The fourth-order valence-corrected chi connectivity index (χ4v) is 0.650. The van der Waals surface area contributed by atoms with Gasteiger partial charge in [0.1, 0.15) is 0 Å². The minimum absolute atomic E-state index is 0.0526. The standard InChI is InChI=1S/C6H5N3O5/c1-13-6(10)4-2-8-5(3-7-4)14-9(11)12/h2-3H,1H3. The van der Waals surface area contributed by atoms with E-state index in [1.807, 2.05) is 0 Å². The van der Waals surface area contributed by atoms with Crippen molar-refractivity contribution < 1.29 is 19.5 Å². The summed E-state index contributed by atoms with van der Waals surface area (Å²) < 4.78 is 4.34. The number of carbonyl (C=O) groups excluding carboxylic acids is 1. The molecule has 0 fully saturated rings. The minimum atomic E-state index is -1.03. The number of carbonyl (C=O) groups is 1. The van der Waals surface area contributed by atoms with Gasteiger partial charge >= 0.3 is 11.1 Å². The largest absolute Gasteiger partial charge is 0.464 e. The van der Waals surface area contributed by atoms with Gasteiger partial charge in [0.25, 0.3) is 0 Å². The van der Waals surface area contributed by atoms with Gasteiger partial charge in [0.15, 0.2) is 5.69 Å². The molecule has 0 unspecified atom stereocenters. The van der Waals surface area contributed by atoms with Crippen LogP contribution in [0.1, 0.15) is 10.5 Å². The molecule has 1 aromatic rings. The van der Waals surface area contributed by atoms with Gasteiger partial charge in [0.2, 0.25) is 5.88 Å². The van der Waals surface area contributed by atoms with Crippen LogP contribution in [0.5, 0.6) is 5.88 Å². The Bertz CT molecular complexity index is 349. The maximum Gasteiger partial charge on any atom is 0.358 e. The molecule has 0 aliphatic carbocycles. The summed E-state index contributed by atoms with van der Waals surface area (Å²) in [4.78, 5) is 31.7. The van der Waals surface area contributed by atoms with Crippen LogP contribution in [0.4, 0.5) is 0 Å². The van der Waals surface area contributed by atoms with Gasteiger partial charge < -0.3 is 4.74 Å². The zero-order chi connectivity index (χ0) is 10.6. The number of aromatic nitrogens is 2. The summed E-state index contributed by atoms with van der Waals surface area (Å²) in [6.45, 7) is 0. The molecule has 8 nitrogen and oxygen atoms in total. The van der Waals surface area contributed by atoms with Gasteiger partial charge in [-0.05, 0) is 0 Å². The third kappa shape index (κ3) is 2.37. The van der Waals surface area contributed by atoms with E-state index in [9.17, 15) is 14.9 Å². The van der Waals surface area contributed by atoms with Crippen LogP contribution in [0.25, 0.3) is 0 Å². The topological polar surface area (TPSA) is 104 Å². The van der Waals surface area contributed by atoms with Gasteiger partial charge in [0.05, 0.1) is 19.5 Å². The van der Waals surface area contributed by atoms with Gasteiger partial charge in [-0.1, -0.05) is 0 Å². The van der Waals surface area contributed by atoms with Crippen LogP contribution in [0, 0.1) is 10.1 Å². The molecule has 0 bridgehead atoms. The highest BCUT2D eigenvalue weighted by Crippen LogP contribution is 2.04. The molecule has 1 rings (SSSR count). The second-order valence-electron chi connectivity index (χ2n) is 2.05. The number of esters is 1.